The van der Waals surface area contributed by atoms with Crippen molar-refractivity contribution in [1.29, 1.82) is 0 Å². The van der Waals surface area contributed by atoms with Crippen LogP contribution >= 0.6 is 0 Å². The minimum Gasteiger partial charge on any atom is -0.414 e. The fraction of sp³-hybridized carbons (Fsp3) is 0.286. The third-order valence-electron chi connectivity index (χ3n) is 8.63. The van der Waals surface area contributed by atoms with E-state index in [4.69, 9.17) is 13.9 Å². The standard InChI is InChI=1S/C35H38N6O5Si/c1-23(42)37-33-38-30-29(31(39-33)46-34(43)41(24-15-9-7-10-16-24)25-17-11-8-12-18-25)36-22-40(30)32-27-20-14-13-19-26(27)28(45-32)21-44-47(5,6)35(2,3)4/h7-20,22,28,32H,21H2,1-6H3,(H,37,38,39,42)/t28-,32-/m1/s1. The minimum atomic E-state index is -2.04. The molecular weight excluding hydrogens is 613 g/mol. The van der Waals surface area contributed by atoms with Crippen molar-refractivity contribution in [3.63, 3.8) is 0 Å². The largest absolute Gasteiger partial charge is 0.425 e. The fourth-order valence-electron chi connectivity index (χ4n) is 5.17. The molecule has 0 bridgehead atoms. The zero-order valence-corrected chi connectivity index (χ0v) is 28.3. The van der Waals surface area contributed by atoms with E-state index in [9.17, 15) is 9.59 Å². The molecule has 2 aromatic heterocycles. The number of rotatable bonds is 8. The number of carbonyl (C=O) groups excluding carboxylic acids is 2. The van der Waals surface area contributed by atoms with E-state index >= 15 is 0 Å². The smallest absolute Gasteiger partial charge is 0.414 e. The van der Waals surface area contributed by atoms with Gasteiger partial charge in [-0.05, 0) is 48.0 Å². The molecule has 0 unspecified atom stereocenters. The van der Waals surface area contributed by atoms with E-state index in [2.05, 4.69) is 54.1 Å². The highest BCUT2D eigenvalue weighted by atomic mass is 28.4. The summed E-state index contributed by atoms with van der Waals surface area (Å²) in [6.45, 7) is 12.8. The van der Waals surface area contributed by atoms with Gasteiger partial charge < -0.3 is 13.9 Å². The van der Waals surface area contributed by atoms with Gasteiger partial charge in [0.2, 0.25) is 11.9 Å². The third kappa shape index (κ3) is 6.52. The molecule has 1 aliphatic rings. The Hall–Kier alpha value is -4.91. The van der Waals surface area contributed by atoms with E-state index < -0.39 is 20.6 Å². The summed E-state index contributed by atoms with van der Waals surface area (Å²) in [4.78, 5) is 41.0. The number of para-hydroxylation sites is 2. The SMILES string of the molecule is CC(=O)Nc1nc(OC(=O)N(c2ccccc2)c2ccccc2)c2ncn([C@@H]3O[C@H](CO[Si](C)(C)C(C)(C)C)c4ccccc43)c2n1. The van der Waals surface area contributed by atoms with Crippen LogP contribution in [0.3, 0.4) is 0 Å². The molecule has 2 amide bonds. The summed E-state index contributed by atoms with van der Waals surface area (Å²) < 4.78 is 20.9. The predicted octanol–water partition coefficient (Wildman–Crippen LogP) is 7.76. The topological polar surface area (TPSA) is 121 Å². The third-order valence-corrected chi connectivity index (χ3v) is 13.1. The van der Waals surface area contributed by atoms with Crippen molar-refractivity contribution < 1.29 is 23.5 Å². The van der Waals surface area contributed by atoms with Crippen LogP contribution in [-0.4, -0.2) is 46.4 Å². The number of amides is 2. The van der Waals surface area contributed by atoms with Gasteiger partial charge in [0.15, 0.2) is 25.7 Å². The molecule has 5 aromatic rings. The van der Waals surface area contributed by atoms with Crippen molar-refractivity contribution >= 4 is 48.8 Å². The molecular formula is C35H38N6O5Si. The van der Waals surface area contributed by atoms with Gasteiger partial charge in [-0.3, -0.25) is 14.7 Å². The second-order valence-electron chi connectivity index (χ2n) is 12.9. The maximum absolute atomic E-state index is 13.9. The Morgan fingerprint density at radius 3 is 2.11 bits per heavy atom. The molecule has 47 heavy (non-hydrogen) atoms. The molecule has 12 heteroatoms. The monoisotopic (exact) mass is 650 g/mol. The molecule has 0 aliphatic carbocycles. The Bertz CT molecular complexity index is 1870. The number of fused-ring (bicyclic) bond motifs is 2. The highest BCUT2D eigenvalue weighted by molar-refractivity contribution is 6.74. The van der Waals surface area contributed by atoms with E-state index in [-0.39, 0.29) is 34.4 Å². The van der Waals surface area contributed by atoms with Crippen LogP contribution in [0.15, 0.2) is 91.3 Å². The Labute approximate surface area is 274 Å². The van der Waals surface area contributed by atoms with Gasteiger partial charge >= 0.3 is 6.09 Å². The van der Waals surface area contributed by atoms with Gasteiger partial charge in [0.1, 0.15) is 6.10 Å². The van der Waals surface area contributed by atoms with Crippen LogP contribution in [0.5, 0.6) is 5.88 Å². The Kier molecular flexibility index (Phi) is 8.66. The molecule has 0 saturated heterocycles. The molecule has 2 atom stereocenters. The molecule has 242 valence electrons. The summed E-state index contributed by atoms with van der Waals surface area (Å²) in [5.41, 5.74) is 3.71. The van der Waals surface area contributed by atoms with E-state index in [0.717, 1.165) is 11.1 Å². The number of benzene rings is 3. The Balaban J connectivity index is 1.37. The van der Waals surface area contributed by atoms with Crippen LogP contribution in [-0.2, 0) is 14.0 Å². The van der Waals surface area contributed by atoms with Crippen LogP contribution < -0.4 is 15.0 Å². The zero-order valence-electron chi connectivity index (χ0n) is 27.3. The highest BCUT2D eigenvalue weighted by Crippen LogP contribution is 2.43. The molecule has 3 aromatic carbocycles. The number of hydrogen-bond acceptors (Lipinski definition) is 8. The molecule has 3 heterocycles. The quantitative estimate of drug-likeness (QED) is 0.169. The predicted molar refractivity (Wildman–Crippen MR) is 182 cm³/mol. The van der Waals surface area contributed by atoms with E-state index in [1.165, 1.54) is 11.8 Å². The van der Waals surface area contributed by atoms with Gasteiger partial charge in [-0.1, -0.05) is 81.4 Å². The summed E-state index contributed by atoms with van der Waals surface area (Å²) >= 11 is 0. The number of nitrogens with one attached hydrogen (secondary N) is 1. The number of aromatic nitrogens is 4. The molecule has 1 aliphatic heterocycles. The Morgan fingerprint density at radius 1 is 0.915 bits per heavy atom. The van der Waals surface area contributed by atoms with Crippen molar-refractivity contribution in [2.24, 2.45) is 0 Å². The first-order valence-electron chi connectivity index (χ1n) is 15.5. The van der Waals surface area contributed by atoms with Crippen LogP contribution in [0.4, 0.5) is 22.1 Å². The minimum absolute atomic E-state index is 0.0374. The molecule has 0 fully saturated rings. The Morgan fingerprint density at radius 2 is 1.51 bits per heavy atom. The van der Waals surface area contributed by atoms with Crippen LogP contribution in [0.2, 0.25) is 18.1 Å². The van der Waals surface area contributed by atoms with Crippen molar-refractivity contribution in [3.05, 3.63) is 102 Å². The normalized spacial score (nSPS) is 16.1. The first kappa shape index (κ1) is 32.0. The van der Waals surface area contributed by atoms with Crippen LogP contribution in [0, 0.1) is 0 Å². The summed E-state index contributed by atoms with van der Waals surface area (Å²) in [5.74, 6) is -0.527. The summed E-state index contributed by atoms with van der Waals surface area (Å²) in [6, 6.07) is 26.3. The number of anilines is 3. The van der Waals surface area contributed by atoms with Crippen molar-refractivity contribution in [2.75, 3.05) is 16.8 Å². The van der Waals surface area contributed by atoms with Crippen molar-refractivity contribution in [1.82, 2.24) is 19.5 Å². The number of hydrogen-bond donors (Lipinski definition) is 1. The average molecular weight is 651 g/mol. The molecule has 1 N–H and O–H groups in total. The first-order valence-corrected chi connectivity index (χ1v) is 18.4. The molecule has 0 saturated carbocycles. The van der Waals surface area contributed by atoms with Gasteiger partial charge in [0.25, 0.3) is 5.88 Å². The maximum atomic E-state index is 13.9. The van der Waals surface area contributed by atoms with Crippen LogP contribution in [0.25, 0.3) is 11.2 Å². The van der Waals surface area contributed by atoms with Gasteiger partial charge in [-0.15, -0.1) is 0 Å². The lowest BCUT2D eigenvalue weighted by atomic mass is 10.0. The highest BCUT2D eigenvalue weighted by Gasteiger charge is 2.40. The summed E-state index contributed by atoms with van der Waals surface area (Å²) in [6.07, 6.45) is -0.0464. The van der Waals surface area contributed by atoms with Gasteiger partial charge in [0, 0.05) is 12.5 Å². The van der Waals surface area contributed by atoms with Gasteiger partial charge in [-0.25, -0.2) is 14.7 Å². The van der Waals surface area contributed by atoms with E-state index in [0.29, 0.717) is 23.6 Å². The number of nitrogens with zero attached hydrogens (tertiary/aromatic N) is 5. The lowest BCUT2D eigenvalue weighted by Gasteiger charge is -2.37. The van der Waals surface area contributed by atoms with E-state index in [1.54, 1.807) is 35.2 Å². The number of imidazole rings is 1. The number of carbonyl (C=O) groups is 2. The lowest BCUT2D eigenvalue weighted by molar-refractivity contribution is -0.114. The van der Waals surface area contributed by atoms with Crippen molar-refractivity contribution in [3.8, 4) is 5.88 Å². The number of ether oxygens (including phenoxy) is 2. The molecule has 0 spiro atoms. The molecule has 11 nitrogen and oxygen atoms in total. The lowest BCUT2D eigenvalue weighted by Crippen LogP contribution is -2.41. The average Bonchev–Trinajstić information content (AvgIpc) is 3.62. The maximum Gasteiger partial charge on any atom is 0.425 e. The molecule has 6 rings (SSSR count). The van der Waals surface area contributed by atoms with Crippen molar-refractivity contribution in [2.45, 2.75) is 58.2 Å². The van der Waals surface area contributed by atoms with Gasteiger partial charge in [0.05, 0.1) is 24.3 Å². The summed E-state index contributed by atoms with van der Waals surface area (Å²) in [5, 5.41) is 2.67. The second-order valence-corrected chi connectivity index (χ2v) is 17.7. The zero-order chi connectivity index (χ0) is 33.3. The fourth-order valence-corrected chi connectivity index (χ4v) is 6.17. The van der Waals surface area contributed by atoms with Gasteiger partial charge in [-0.2, -0.15) is 9.97 Å². The molecule has 0 radical (unpaired) electrons. The van der Waals surface area contributed by atoms with Crippen LogP contribution in [0.1, 0.15) is 51.2 Å². The first-order chi connectivity index (χ1) is 22.4. The second kappa shape index (κ2) is 12.7. The summed E-state index contributed by atoms with van der Waals surface area (Å²) in [7, 11) is -2.04. The van der Waals surface area contributed by atoms with E-state index in [1.807, 2.05) is 60.7 Å².